The zero-order valence-corrected chi connectivity index (χ0v) is 12.2. The molecule has 4 nitrogen and oxygen atoms in total. The molecule has 104 valence electrons. The van der Waals surface area contributed by atoms with Gasteiger partial charge in [-0.2, -0.15) is 5.10 Å². The van der Waals surface area contributed by atoms with Crippen LogP contribution in [0.25, 0.3) is 0 Å². The summed E-state index contributed by atoms with van der Waals surface area (Å²) in [5.74, 6) is 0.223. The van der Waals surface area contributed by atoms with Gasteiger partial charge in [0, 0.05) is 12.6 Å². The molecule has 0 radical (unpaired) electrons. The number of Topliss-reactive ketones (excluding diaryl/α,β-unsaturated/α-hetero) is 1. The van der Waals surface area contributed by atoms with Crippen molar-refractivity contribution in [3.05, 3.63) is 47.0 Å². The fourth-order valence-corrected chi connectivity index (χ4v) is 2.99. The highest BCUT2D eigenvalue weighted by molar-refractivity contribution is 5.99. The van der Waals surface area contributed by atoms with Gasteiger partial charge >= 0.3 is 0 Å². The van der Waals surface area contributed by atoms with Crippen molar-refractivity contribution in [3.8, 4) is 0 Å². The highest BCUT2D eigenvalue weighted by Crippen LogP contribution is 2.36. The van der Waals surface area contributed by atoms with Crippen LogP contribution in [0.5, 0.6) is 0 Å². The SMILES string of the molecule is Cc1nn(Cc2ccccn2)c2c1C(=O)CC(C)(C)C2. The lowest BCUT2D eigenvalue weighted by molar-refractivity contribution is 0.0909. The summed E-state index contributed by atoms with van der Waals surface area (Å²) in [6.07, 6.45) is 3.28. The Bertz CT molecular complexity index is 656. The van der Waals surface area contributed by atoms with Crippen LogP contribution in [-0.2, 0) is 13.0 Å². The van der Waals surface area contributed by atoms with E-state index in [-0.39, 0.29) is 11.2 Å². The van der Waals surface area contributed by atoms with E-state index >= 15 is 0 Å². The number of hydrogen-bond acceptors (Lipinski definition) is 3. The Labute approximate surface area is 118 Å². The number of aryl methyl sites for hydroxylation is 1. The molecular formula is C16H19N3O. The van der Waals surface area contributed by atoms with E-state index in [0.717, 1.165) is 29.1 Å². The Morgan fingerprint density at radius 2 is 2.10 bits per heavy atom. The van der Waals surface area contributed by atoms with Gasteiger partial charge in [0.05, 0.1) is 29.2 Å². The Kier molecular flexibility index (Phi) is 2.96. The number of carbonyl (C=O) groups excluding carboxylic acids is 1. The molecule has 0 atom stereocenters. The quantitative estimate of drug-likeness (QED) is 0.842. The van der Waals surface area contributed by atoms with E-state index in [1.165, 1.54) is 0 Å². The van der Waals surface area contributed by atoms with Crippen LogP contribution >= 0.6 is 0 Å². The van der Waals surface area contributed by atoms with Crippen LogP contribution in [0.3, 0.4) is 0 Å². The molecule has 2 aromatic heterocycles. The van der Waals surface area contributed by atoms with Gasteiger partial charge in [0.2, 0.25) is 0 Å². The lowest BCUT2D eigenvalue weighted by Crippen LogP contribution is -2.28. The Morgan fingerprint density at radius 3 is 2.80 bits per heavy atom. The first-order valence-corrected chi connectivity index (χ1v) is 6.96. The molecule has 0 aliphatic heterocycles. The van der Waals surface area contributed by atoms with Gasteiger partial charge in [0.15, 0.2) is 5.78 Å². The highest BCUT2D eigenvalue weighted by atomic mass is 16.1. The normalized spacial score (nSPS) is 17.1. The van der Waals surface area contributed by atoms with Crippen LogP contribution in [0.1, 0.15) is 47.7 Å². The van der Waals surface area contributed by atoms with Crippen LogP contribution < -0.4 is 0 Å². The number of ketones is 1. The van der Waals surface area contributed by atoms with Gasteiger partial charge in [0.1, 0.15) is 0 Å². The largest absolute Gasteiger partial charge is 0.294 e. The molecule has 20 heavy (non-hydrogen) atoms. The third-order valence-electron chi connectivity index (χ3n) is 3.83. The molecule has 0 spiro atoms. The minimum absolute atomic E-state index is 0.0123. The molecule has 0 bridgehead atoms. The third kappa shape index (κ3) is 2.26. The summed E-state index contributed by atoms with van der Waals surface area (Å²) in [6.45, 7) is 6.83. The first-order chi connectivity index (χ1) is 9.46. The van der Waals surface area contributed by atoms with E-state index < -0.39 is 0 Å². The molecule has 1 aliphatic rings. The second-order valence-corrected chi connectivity index (χ2v) is 6.33. The molecule has 1 aliphatic carbocycles. The van der Waals surface area contributed by atoms with E-state index in [2.05, 4.69) is 23.9 Å². The molecule has 0 amide bonds. The fraction of sp³-hybridized carbons (Fsp3) is 0.438. The predicted molar refractivity (Wildman–Crippen MR) is 76.7 cm³/mol. The van der Waals surface area contributed by atoms with Gasteiger partial charge in [-0.1, -0.05) is 19.9 Å². The summed E-state index contributed by atoms with van der Waals surface area (Å²) in [6, 6.07) is 5.86. The van der Waals surface area contributed by atoms with E-state index in [4.69, 9.17) is 0 Å². The van der Waals surface area contributed by atoms with Crippen LogP contribution in [-0.4, -0.2) is 20.5 Å². The monoisotopic (exact) mass is 269 g/mol. The number of rotatable bonds is 2. The average Bonchev–Trinajstić information content (AvgIpc) is 2.65. The fourth-order valence-electron chi connectivity index (χ4n) is 2.99. The standard InChI is InChI=1S/C16H19N3O/c1-11-15-13(8-16(2,3)9-14(15)20)19(18-11)10-12-6-4-5-7-17-12/h4-7H,8-10H2,1-3H3. The average molecular weight is 269 g/mol. The van der Waals surface area contributed by atoms with Crippen LogP contribution in [0.4, 0.5) is 0 Å². The van der Waals surface area contributed by atoms with E-state index in [1.807, 2.05) is 29.8 Å². The Morgan fingerprint density at radius 1 is 1.30 bits per heavy atom. The zero-order valence-electron chi connectivity index (χ0n) is 12.2. The second-order valence-electron chi connectivity index (χ2n) is 6.33. The summed E-state index contributed by atoms with van der Waals surface area (Å²) < 4.78 is 1.95. The zero-order chi connectivity index (χ0) is 14.3. The lowest BCUT2D eigenvalue weighted by Gasteiger charge is -2.29. The van der Waals surface area contributed by atoms with Gasteiger partial charge in [-0.3, -0.25) is 14.5 Å². The number of hydrogen-bond donors (Lipinski definition) is 0. The van der Waals surface area contributed by atoms with Gasteiger partial charge in [-0.05, 0) is 30.9 Å². The highest BCUT2D eigenvalue weighted by Gasteiger charge is 2.35. The molecule has 3 rings (SSSR count). The lowest BCUT2D eigenvalue weighted by atomic mass is 9.75. The first-order valence-electron chi connectivity index (χ1n) is 6.96. The Hall–Kier alpha value is -1.97. The molecule has 0 N–H and O–H groups in total. The molecule has 0 unspecified atom stereocenters. The minimum atomic E-state index is 0.0123. The van der Waals surface area contributed by atoms with Gasteiger partial charge < -0.3 is 0 Å². The maximum atomic E-state index is 12.3. The smallest absolute Gasteiger partial charge is 0.167 e. The van der Waals surface area contributed by atoms with Crippen molar-refractivity contribution < 1.29 is 4.79 Å². The summed E-state index contributed by atoms with van der Waals surface area (Å²) >= 11 is 0. The Balaban J connectivity index is 2.02. The van der Waals surface area contributed by atoms with Gasteiger partial charge in [-0.25, -0.2) is 0 Å². The summed E-state index contributed by atoms with van der Waals surface area (Å²) in [7, 11) is 0. The summed E-state index contributed by atoms with van der Waals surface area (Å²) in [5.41, 5.74) is 3.72. The number of aromatic nitrogens is 3. The van der Waals surface area contributed by atoms with Crippen LogP contribution in [0.15, 0.2) is 24.4 Å². The number of fused-ring (bicyclic) bond motifs is 1. The maximum Gasteiger partial charge on any atom is 0.167 e. The topological polar surface area (TPSA) is 47.8 Å². The van der Waals surface area contributed by atoms with Crippen molar-refractivity contribution in [1.29, 1.82) is 0 Å². The van der Waals surface area contributed by atoms with Crippen LogP contribution in [0, 0.1) is 12.3 Å². The maximum absolute atomic E-state index is 12.3. The molecule has 0 aromatic carbocycles. The first kappa shape index (κ1) is 13.0. The molecule has 2 heterocycles. The van der Waals surface area contributed by atoms with Crippen molar-refractivity contribution >= 4 is 5.78 Å². The van der Waals surface area contributed by atoms with Crippen molar-refractivity contribution in [2.75, 3.05) is 0 Å². The summed E-state index contributed by atoms with van der Waals surface area (Å²) in [5, 5.41) is 4.56. The van der Waals surface area contributed by atoms with Gasteiger partial charge in [0.25, 0.3) is 0 Å². The third-order valence-corrected chi connectivity index (χ3v) is 3.83. The number of pyridine rings is 1. The van der Waals surface area contributed by atoms with Crippen molar-refractivity contribution in [2.24, 2.45) is 5.41 Å². The summed E-state index contributed by atoms with van der Waals surface area (Å²) in [4.78, 5) is 16.7. The molecule has 0 saturated heterocycles. The molecule has 0 saturated carbocycles. The van der Waals surface area contributed by atoms with E-state index in [1.54, 1.807) is 6.20 Å². The number of nitrogens with zero attached hydrogens (tertiary/aromatic N) is 3. The van der Waals surface area contributed by atoms with Gasteiger partial charge in [-0.15, -0.1) is 0 Å². The molecule has 4 heteroatoms. The van der Waals surface area contributed by atoms with Crippen LogP contribution in [0.2, 0.25) is 0 Å². The van der Waals surface area contributed by atoms with Crippen molar-refractivity contribution in [1.82, 2.24) is 14.8 Å². The van der Waals surface area contributed by atoms with Crippen molar-refractivity contribution in [3.63, 3.8) is 0 Å². The predicted octanol–water partition coefficient (Wildman–Crippen LogP) is 2.79. The molecule has 2 aromatic rings. The minimum Gasteiger partial charge on any atom is -0.294 e. The second kappa shape index (κ2) is 4.54. The molecule has 0 fully saturated rings. The number of carbonyl (C=O) groups is 1. The van der Waals surface area contributed by atoms with E-state index in [9.17, 15) is 4.79 Å². The molecular weight excluding hydrogens is 250 g/mol. The van der Waals surface area contributed by atoms with Crippen molar-refractivity contribution in [2.45, 2.75) is 40.2 Å². The van der Waals surface area contributed by atoms with E-state index in [0.29, 0.717) is 13.0 Å².